The summed E-state index contributed by atoms with van der Waals surface area (Å²) in [6, 6.07) is 82.7. The Kier molecular flexibility index (Phi) is 15.4. The summed E-state index contributed by atoms with van der Waals surface area (Å²) < 4.78 is 0. The molecule has 6 heteroatoms. The van der Waals surface area contributed by atoms with Gasteiger partial charge in [-0.1, -0.05) is 251 Å². The van der Waals surface area contributed by atoms with E-state index in [0.29, 0.717) is 0 Å². The van der Waals surface area contributed by atoms with Gasteiger partial charge in [0.1, 0.15) is 0 Å². The minimum atomic E-state index is -0.167. The molecule has 0 amide bonds. The molecule has 0 saturated carbocycles. The molecule has 0 radical (unpaired) electrons. The smallest absolute Gasteiger partial charge is 0.252 e. The molecule has 15 rings (SSSR count). The fourth-order valence-electron chi connectivity index (χ4n) is 16.6. The van der Waals surface area contributed by atoms with E-state index < -0.39 is 0 Å². The number of anilines is 12. The highest BCUT2D eigenvalue weighted by molar-refractivity contribution is 7.03. The molecule has 0 atom stereocenters. The second kappa shape index (κ2) is 23.1. The maximum absolute atomic E-state index is 2.73. The number of fused-ring (bicyclic) bond motifs is 8. The van der Waals surface area contributed by atoms with Crippen LogP contribution in [0.3, 0.4) is 0 Å². The van der Waals surface area contributed by atoms with Crippen LogP contribution in [0.2, 0.25) is 0 Å². The zero-order valence-corrected chi connectivity index (χ0v) is 63.6. The maximum atomic E-state index is 2.73. The van der Waals surface area contributed by atoms with Crippen LogP contribution in [0, 0.1) is 27.7 Å². The molecule has 0 bridgehead atoms. The minimum Gasteiger partial charge on any atom is -0.311 e. The number of rotatable bonds is 6. The Morgan fingerprint density at radius 2 is 0.470 bits per heavy atom. The van der Waals surface area contributed by atoms with E-state index >= 15 is 0 Å². The Labute approximate surface area is 599 Å². The Hall–Kier alpha value is -9.25. The molecule has 11 aromatic carbocycles. The predicted octanol–water partition coefficient (Wildman–Crippen LogP) is 22.2. The molecule has 0 spiro atoms. The number of nitrogens with zero attached hydrogens (tertiary/aromatic N) is 4. The topological polar surface area (TPSA) is 13.0 Å². The highest BCUT2D eigenvalue weighted by Crippen LogP contribution is 2.52. The zero-order chi connectivity index (χ0) is 71.0. The van der Waals surface area contributed by atoms with Crippen LogP contribution in [-0.2, 0) is 32.5 Å². The van der Waals surface area contributed by atoms with Crippen molar-refractivity contribution in [3.63, 3.8) is 0 Å². The van der Waals surface area contributed by atoms with Crippen molar-refractivity contribution < 1.29 is 0 Å². The molecule has 100 heavy (non-hydrogen) atoms. The van der Waals surface area contributed by atoms with Gasteiger partial charge >= 0.3 is 0 Å². The monoisotopic (exact) mass is 1310 g/mol. The lowest BCUT2D eigenvalue weighted by molar-refractivity contribution is 0.590. The summed E-state index contributed by atoms with van der Waals surface area (Å²) in [7, 11) is 0. The molecule has 4 aliphatic rings. The van der Waals surface area contributed by atoms with Gasteiger partial charge in [0.05, 0.1) is 0 Å². The number of aryl methyl sites for hydroxylation is 4. The summed E-state index contributed by atoms with van der Waals surface area (Å²) in [6.07, 6.45) is 0. The van der Waals surface area contributed by atoms with Crippen molar-refractivity contribution in [2.45, 2.75) is 185 Å². The summed E-state index contributed by atoms with van der Waals surface area (Å²) >= 11 is 0. The molecule has 0 aromatic heterocycles. The zero-order valence-electron chi connectivity index (χ0n) is 63.6. The largest absolute Gasteiger partial charge is 0.311 e. The molecular formula is C94H100B2N4. The van der Waals surface area contributed by atoms with E-state index in [1.54, 1.807) is 0 Å². The van der Waals surface area contributed by atoms with E-state index in [0.717, 1.165) is 22.7 Å². The van der Waals surface area contributed by atoms with Crippen molar-refractivity contribution in [2.75, 3.05) is 19.6 Å². The molecule has 4 aliphatic heterocycles. The summed E-state index contributed by atoms with van der Waals surface area (Å²) in [4.78, 5) is 10.6. The van der Waals surface area contributed by atoms with Gasteiger partial charge < -0.3 is 19.6 Å². The van der Waals surface area contributed by atoms with Gasteiger partial charge in [-0.05, 0) is 251 Å². The van der Waals surface area contributed by atoms with Crippen molar-refractivity contribution in [2.24, 2.45) is 0 Å². The lowest BCUT2D eigenvalue weighted by atomic mass is 9.30. The van der Waals surface area contributed by atoms with E-state index in [4.69, 9.17) is 0 Å². The second-order valence-corrected chi connectivity index (χ2v) is 35.9. The molecule has 0 N–H and O–H groups in total. The number of benzene rings is 11. The molecule has 502 valence electrons. The standard InChI is InChI=1S/C94H100B2N4/c1-57-23-43-73(59(3)47-57)61-49-83-87-85(51-61)99(71-39-29-65(30-40-71)91(11,12)13)81-56-82-78(55-77(81)95(87)75-53-67(93(17,18)19)33-45-79(75)97(83)69-35-25-63(26-36-69)89(5,6)7)96-76-54-68(94(20,21)22)34-46-80(76)98(70-37-27-64(28-38-70)90(8,9)10)84-50-62(74-44-24-58(2)48-60(74)4)52-86(88(84)96)100(82)72-41-31-66(32-42-72)92(14,15)16/h23-56H,1-22H3. The van der Waals surface area contributed by atoms with Gasteiger partial charge in [-0.2, -0.15) is 0 Å². The van der Waals surface area contributed by atoms with Crippen molar-refractivity contribution in [3.8, 4) is 22.3 Å². The molecule has 4 heterocycles. The summed E-state index contributed by atoms with van der Waals surface area (Å²) in [5.74, 6) is 0. The SMILES string of the molecule is Cc1ccc(-c2cc3c4c(c2)N(c2ccc(C(C)(C)C)cc2)c2cc5c(cc2B4c2cc(C(C)(C)C)ccc2N3c2ccc(C(C)(C)C)cc2)B2c3cc(C(C)(C)C)ccc3N(c3ccc(C(C)(C)C)cc3)c3cc(-c4ccc(C)cc4C)cc(c32)N5c2ccc(C(C)(C)C)cc2)c(C)c1. The first-order chi connectivity index (χ1) is 47.0. The first-order valence-corrected chi connectivity index (χ1v) is 36.6. The fourth-order valence-corrected chi connectivity index (χ4v) is 16.6. The van der Waals surface area contributed by atoms with E-state index in [-0.39, 0.29) is 45.9 Å². The first-order valence-electron chi connectivity index (χ1n) is 36.6. The normalized spacial score (nSPS) is 14.2. The summed E-state index contributed by atoms with van der Waals surface area (Å²) in [5, 5.41) is 0. The minimum absolute atomic E-state index is 0.0166. The van der Waals surface area contributed by atoms with Crippen LogP contribution in [0.15, 0.2) is 206 Å². The number of hydrogen-bond donors (Lipinski definition) is 0. The van der Waals surface area contributed by atoms with Gasteiger partial charge in [0, 0.05) is 68.2 Å². The molecule has 0 saturated heterocycles. The maximum Gasteiger partial charge on any atom is 0.252 e. The van der Waals surface area contributed by atoms with Crippen molar-refractivity contribution >= 4 is 114 Å². The van der Waals surface area contributed by atoms with Crippen LogP contribution in [-0.4, -0.2) is 13.4 Å². The van der Waals surface area contributed by atoms with E-state index in [1.807, 2.05) is 0 Å². The Morgan fingerprint density at radius 1 is 0.220 bits per heavy atom. The second-order valence-electron chi connectivity index (χ2n) is 35.9. The average Bonchev–Trinajstić information content (AvgIpc) is 0.683. The summed E-state index contributed by atoms with van der Waals surface area (Å²) in [5.41, 5.74) is 39.4. The van der Waals surface area contributed by atoms with Crippen LogP contribution >= 0.6 is 0 Å². The third-order valence-corrected chi connectivity index (χ3v) is 22.3. The molecule has 0 unspecified atom stereocenters. The molecule has 0 fully saturated rings. The third-order valence-electron chi connectivity index (χ3n) is 22.3. The number of hydrogen-bond acceptors (Lipinski definition) is 4. The Balaban J connectivity index is 1.12. The molecular weight excluding hydrogens is 1210 g/mol. The van der Waals surface area contributed by atoms with Crippen LogP contribution in [0.25, 0.3) is 22.3 Å². The lowest BCUT2D eigenvalue weighted by Crippen LogP contribution is -2.65. The van der Waals surface area contributed by atoms with Crippen LogP contribution in [0.5, 0.6) is 0 Å². The third kappa shape index (κ3) is 11.2. The van der Waals surface area contributed by atoms with Crippen LogP contribution in [0.1, 0.15) is 180 Å². The first kappa shape index (κ1) is 66.6. The van der Waals surface area contributed by atoms with Crippen molar-refractivity contribution in [3.05, 3.63) is 262 Å². The Bertz CT molecular complexity index is 4790. The van der Waals surface area contributed by atoms with Gasteiger partial charge in [0.25, 0.3) is 13.4 Å². The van der Waals surface area contributed by atoms with E-state index in [2.05, 4.69) is 378 Å². The molecule has 4 nitrogen and oxygen atoms in total. The van der Waals surface area contributed by atoms with E-state index in [1.165, 1.54) is 156 Å². The van der Waals surface area contributed by atoms with E-state index in [9.17, 15) is 0 Å². The molecule has 0 aliphatic carbocycles. The highest BCUT2D eigenvalue weighted by atomic mass is 15.2. The molecule has 11 aromatic rings. The van der Waals surface area contributed by atoms with Crippen LogP contribution < -0.4 is 52.4 Å². The van der Waals surface area contributed by atoms with Crippen LogP contribution in [0.4, 0.5) is 68.2 Å². The van der Waals surface area contributed by atoms with Gasteiger partial charge in [0.2, 0.25) is 0 Å². The quantitative estimate of drug-likeness (QED) is 0.154. The summed E-state index contributed by atoms with van der Waals surface area (Å²) in [6.45, 7) is 50.9. The fraction of sp³-hybridized carbons (Fsp3) is 0.298. The van der Waals surface area contributed by atoms with Gasteiger partial charge in [-0.15, -0.1) is 0 Å². The predicted molar refractivity (Wildman–Crippen MR) is 437 cm³/mol. The Morgan fingerprint density at radius 3 is 0.730 bits per heavy atom. The van der Waals surface area contributed by atoms with Gasteiger partial charge in [-0.3, -0.25) is 0 Å². The average molecular weight is 1310 g/mol. The highest BCUT2D eigenvalue weighted by Gasteiger charge is 2.49. The lowest BCUT2D eigenvalue weighted by Gasteiger charge is -2.48. The van der Waals surface area contributed by atoms with Gasteiger partial charge in [0.15, 0.2) is 0 Å². The van der Waals surface area contributed by atoms with Crippen molar-refractivity contribution in [1.82, 2.24) is 0 Å². The van der Waals surface area contributed by atoms with Gasteiger partial charge in [-0.25, -0.2) is 0 Å². The van der Waals surface area contributed by atoms with Crippen molar-refractivity contribution in [1.29, 1.82) is 0 Å².